The van der Waals surface area contributed by atoms with Crippen molar-refractivity contribution in [1.29, 1.82) is 0 Å². The second-order valence-corrected chi connectivity index (χ2v) is 6.30. The van der Waals surface area contributed by atoms with Crippen LogP contribution in [0.15, 0.2) is 12.7 Å². The minimum Gasteiger partial charge on any atom is -0.463 e. The van der Waals surface area contributed by atoms with Crippen LogP contribution in [0.5, 0.6) is 0 Å². The summed E-state index contributed by atoms with van der Waals surface area (Å²) in [6.07, 6.45) is -0.852. The Morgan fingerprint density at radius 2 is 1.71 bits per heavy atom. The number of carbonyl (C=O) groups excluding carboxylic acids is 3. The zero-order valence-electron chi connectivity index (χ0n) is 15.8. The molecule has 3 heterocycles. The van der Waals surface area contributed by atoms with Crippen molar-refractivity contribution >= 4 is 29.1 Å². The van der Waals surface area contributed by atoms with Gasteiger partial charge >= 0.3 is 17.9 Å². The van der Waals surface area contributed by atoms with Crippen LogP contribution in [-0.4, -0.2) is 62.3 Å². The molecule has 0 aliphatic carbocycles. The van der Waals surface area contributed by atoms with E-state index in [1.165, 1.54) is 33.4 Å². The van der Waals surface area contributed by atoms with E-state index < -0.39 is 42.4 Å². The fraction of sp³-hybridized carbons (Fsp3) is 0.529. The average molecular weight is 392 g/mol. The predicted octanol–water partition coefficient (Wildman–Crippen LogP) is 0.459. The van der Waals surface area contributed by atoms with Gasteiger partial charge in [-0.15, -0.1) is 0 Å². The molecule has 0 radical (unpaired) electrons. The maximum atomic E-state index is 11.7. The van der Waals surface area contributed by atoms with E-state index in [0.717, 1.165) is 0 Å². The Bertz CT molecular complexity index is 912. The number of esters is 3. The number of ether oxygens (including phenoxy) is 4. The number of hydrogen-bond donors (Lipinski definition) is 0. The van der Waals surface area contributed by atoms with Gasteiger partial charge in [0, 0.05) is 20.8 Å². The number of imidazole rings is 1. The Balaban J connectivity index is 2.01. The Hall–Kier alpha value is -3.08. The van der Waals surface area contributed by atoms with Gasteiger partial charge in [-0.05, 0) is 6.92 Å². The number of hydrogen-bond acceptors (Lipinski definition) is 10. The lowest BCUT2D eigenvalue weighted by molar-refractivity contribution is -0.166. The molecule has 150 valence electrons. The number of rotatable bonds is 5. The van der Waals surface area contributed by atoms with Crippen LogP contribution in [0.25, 0.3) is 11.2 Å². The molecule has 11 nitrogen and oxygen atoms in total. The molecule has 4 unspecified atom stereocenters. The molecule has 2 aromatic heterocycles. The second-order valence-electron chi connectivity index (χ2n) is 6.30. The van der Waals surface area contributed by atoms with Crippen molar-refractivity contribution in [2.24, 2.45) is 0 Å². The van der Waals surface area contributed by atoms with Gasteiger partial charge in [0.1, 0.15) is 24.6 Å². The van der Waals surface area contributed by atoms with Crippen molar-refractivity contribution in [1.82, 2.24) is 19.5 Å². The summed E-state index contributed by atoms with van der Waals surface area (Å²) < 4.78 is 23.3. The van der Waals surface area contributed by atoms with Gasteiger partial charge in [-0.1, -0.05) is 0 Å². The van der Waals surface area contributed by atoms with Gasteiger partial charge in [0.25, 0.3) is 0 Å². The van der Waals surface area contributed by atoms with Crippen LogP contribution in [0.1, 0.15) is 32.7 Å². The van der Waals surface area contributed by atoms with Gasteiger partial charge in [-0.25, -0.2) is 15.0 Å². The first-order chi connectivity index (χ1) is 13.3. The van der Waals surface area contributed by atoms with E-state index in [9.17, 15) is 14.4 Å². The van der Waals surface area contributed by atoms with Crippen LogP contribution < -0.4 is 0 Å². The highest BCUT2D eigenvalue weighted by Crippen LogP contribution is 2.35. The van der Waals surface area contributed by atoms with E-state index in [-0.39, 0.29) is 6.61 Å². The minimum absolute atomic E-state index is 0.178. The molecule has 1 fully saturated rings. The van der Waals surface area contributed by atoms with Crippen LogP contribution in [0.3, 0.4) is 0 Å². The summed E-state index contributed by atoms with van der Waals surface area (Å²) in [5, 5.41) is 0. The molecule has 0 saturated carbocycles. The Labute approximate surface area is 160 Å². The molecule has 28 heavy (non-hydrogen) atoms. The summed E-state index contributed by atoms with van der Waals surface area (Å²) in [5.41, 5.74) is 1.68. The van der Waals surface area contributed by atoms with Crippen LogP contribution in [-0.2, 0) is 33.3 Å². The van der Waals surface area contributed by atoms with E-state index in [4.69, 9.17) is 18.9 Å². The minimum atomic E-state index is -0.991. The number of carbonyl (C=O) groups is 3. The third kappa shape index (κ3) is 3.93. The van der Waals surface area contributed by atoms with Gasteiger partial charge < -0.3 is 18.9 Å². The molecule has 0 bridgehead atoms. The molecular weight excluding hydrogens is 372 g/mol. The number of aromatic nitrogens is 4. The lowest BCUT2D eigenvalue weighted by Crippen LogP contribution is -2.40. The molecule has 0 aromatic carbocycles. The predicted molar refractivity (Wildman–Crippen MR) is 91.7 cm³/mol. The summed E-state index contributed by atoms with van der Waals surface area (Å²) in [5.74, 6) is -1.69. The van der Waals surface area contributed by atoms with Gasteiger partial charge in [0.05, 0.1) is 12.0 Å². The summed E-state index contributed by atoms with van der Waals surface area (Å²) in [7, 11) is 0. The third-order valence-corrected chi connectivity index (χ3v) is 4.16. The standard InChI is InChI=1S/C17H20N4O7/c1-8-13-16(19-6-18-8)21(7-20-13)17-15(27-11(4)24)14(26-10(3)23)12(28-17)5-25-9(2)22/h6-7,12,14-15,17H,5H2,1-4H3. The molecule has 2 aromatic rings. The smallest absolute Gasteiger partial charge is 0.303 e. The van der Waals surface area contributed by atoms with Crippen molar-refractivity contribution in [3.8, 4) is 0 Å². The number of aryl methyl sites for hydroxylation is 1. The molecule has 0 amide bonds. The van der Waals surface area contributed by atoms with Gasteiger partial charge in [-0.3, -0.25) is 19.0 Å². The van der Waals surface area contributed by atoms with Gasteiger partial charge in [-0.2, -0.15) is 0 Å². The molecule has 3 rings (SSSR count). The molecule has 1 aliphatic heterocycles. The highest BCUT2D eigenvalue weighted by Gasteiger charge is 2.51. The SMILES string of the molecule is CC(=O)OCC1OC(n2cnc3c(C)ncnc32)C(OC(C)=O)C1OC(C)=O. The molecule has 0 N–H and O–H groups in total. The Morgan fingerprint density at radius 1 is 1.04 bits per heavy atom. The Morgan fingerprint density at radius 3 is 2.36 bits per heavy atom. The zero-order valence-corrected chi connectivity index (χ0v) is 15.8. The molecular formula is C17H20N4O7. The monoisotopic (exact) mass is 392 g/mol. The van der Waals surface area contributed by atoms with E-state index in [1.807, 2.05) is 0 Å². The lowest BCUT2D eigenvalue weighted by atomic mass is 10.1. The van der Waals surface area contributed by atoms with Crippen molar-refractivity contribution < 1.29 is 33.3 Å². The van der Waals surface area contributed by atoms with Crippen molar-refractivity contribution in [3.05, 3.63) is 18.3 Å². The topological polar surface area (TPSA) is 132 Å². The average Bonchev–Trinajstić information content (AvgIpc) is 3.16. The molecule has 11 heteroatoms. The van der Waals surface area contributed by atoms with Gasteiger partial charge in [0.15, 0.2) is 24.1 Å². The zero-order chi connectivity index (χ0) is 20.4. The summed E-state index contributed by atoms with van der Waals surface area (Å²) in [6, 6.07) is 0. The second kappa shape index (κ2) is 7.89. The van der Waals surface area contributed by atoms with Crippen molar-refractivity contribution in [3.63, 3.8) is 0 Å². The normalized spacial score (nSPS) is 24.1. The fourth-order valence-corrected chi connectivity index (χ4v) is 3.07. The first-order valence-corrected chi connectivity index (χ1v) is 8.55. The number of nitrogens with zero attached hydrogens (tertiary/aromatic N) is 4. The quantitative estimate of drug-likeness (QED) is 0.522. The van der Waals surface area contributed by atoms with Crippen LogP contribution in [0.2, 0.25) is 0 Å². The molecule has 0 spiro atoms. The van der Waals surface area contributed by atoms with Crippen LogP contribution in [0, 0.1) is 6.92 Å². The van der Waals surface area contributed by atoms with Crippen LogP contribution in [0.4, 0.5) is 0 Å². The first kappa shape index (κ1) is 19.7. The number of fused-ring (bicyclic) bond motifs is 1. The highest BCUT2D eigenvalue weighted by atomic mass is 16.7. The van der Waals surface area contributed by atoms with Gasteiger partial charge in [0.2, 0.25) is 0 Å². The summed E-state index contributed by atoms with van der Waals surface area (Å²) in [4.78, 5) is 47.1. The largest absolute Gasteiger partial charge is 0.463 e. The van der Waals surface area contributed by atoms with E-state index in [0.29, 0.717) is 16.9 Å². The molecule has 4 atom stereocenters. The first-order valence-electron chi connectivity index (χ1n) is 8.55. The molecule has 1 aliphatic rings. The van der Waals surface area contributed by atoms with Crippen molar-refractivity contribution in [2.45, 2.75) is 52.2 Å². The summed E-state index contributed by atoms with van der Waals surface area (Å²) in [6.45, 7) is 5.32. The van der Waals surface area contributed by atoms with E-state index in [1.54, 1.807) is 11.5 Å². The lowest BCUT2D eigenvalue weighted by Gasteiger charge is -2.23. The third-order valence-electron chi connectivity index (χ3n) is 4.16. The molecule has 1 saturated heterocycles. The maximum absolute atomic E-state index is 11.7. The van der Waals surface area contributed by atoms with E-state index >= 15 is 0 Å². The summed E-state index contributed by atoms with van der Waals surface area (Å²) >= 11 is 0. The van der Waals surface area contributed by atoms with Crippen molar-refractivity contribution in [2.75, 3.05) is 6.61 Å². The Kier molecular flexibility index (Phi) is 5.54. The van der Waals surface area contributed by atoms with E-state index in [2.05, 4.69) is 15.0 Å². The highest BCUT2D eigenvalue weighted by molar-refractivity contribution is 5.73. The maximum Gasteiger partial charge on any atom is 0.303 e. The van der Waals surface area contributed by atoms with Crippen LogP contribution >= 0.6 is 0 Å². The fourth-order valence-electron chi connectivity index (χ4n) is 3.07.